The monoisotopic (exact) mass is 385 g/mol. The van der Waals surface area contributed by atoms with Crippen LogP contribution >= 0.6 is 23.2 Å². The predicted molar refractivity (Wildman–Crippen MR) is 93.2 cm³/mol. The number of aliphatic carboxylic acids is 2. The SMILES string of the molecule is C[C@H](N[C@@H](Cc1cncn1Cc1cc(Cl)cc(Cl)c1)C(=O)O)C(=O)O. The minimum Gasteiger partial charge on any atom is -0.480 e. The lowest BCUT2D eigenvalue weighted by Gasteiger charge is -2.18. The van der Waals surface area contributed by atoms with Gasteiger partial charge in [-0.1, -0.05) is 23.2 Å². The molecule has 1 heterocycles. The van der Waals surface area contributed by atoms with Gasteiger partial charge in [-0.15, -0.1) is 0 Å². The smallest absolute Gasteiger partial charge is 0.321 e. The van der Waals surface area contributed by atoms with Gasteiger partial charge in [0.25, 0.3) is 0 Å². The summed E-state index contributed by atoms with van der Waals surface area (Å²) in [7, 11) is 0. The van der Waals surface area contributed by atoms with Crippen molar-refractivity contribution in [3.63, 3.8) is 0 Å². The normalized spacial score (nSPS) is 13.4. The van der Waals surface area contributed by atoms with Crippen LogP contribution in [0.4, 0.5) is 0 Å². The first-order valence-electron chi connectivity index (χ1n) is 7.42. The summed E-state index contributed by atoms with van der Waals surface area (Å²) in [5, 5.41) is 21.9. The zero-order valence-corrected chi connectivity index (χ0v) is 14.8. The van der Waals surface area contributed by atoms with E-state index in [1.807, 2.05) is 0 Å². The molecule has 2 atom stereocenters. The Kier molecular flexibility index (Phi) is 6.41. The largest absolute Gasteiger partial charge is 0.480 e. The average Bonchev–Trinajstić information content (AvgIpc) is 2.92. The van der Waals surface area contributed by atoms with Gasteiger partial charge >= 0.3 is 11.9 Å². The number of carboxylic acids is 2. The van der Waals surface area contributed by atoms with Crippen molar-refractivity contribution in [3.8, 4) is 0 Å². The van der Waals surface area contributed by atoms with Crippen LogP contribution in [0.5, 0.6) is 0 Å². The Labute approximate surface area is 154 Å². The van der Waals surface area contributed by atoms with Gasteiger partial charge in [-0.05, 0) is 30.7 Å². The van der Waals surface area contributed by atoms with E-state index < -0.39 is 24.0 Å². The first-order chi connectivity index (χ1) is 11.8. The lowest BCUT2D eigenvalue weighted by Crippen LogP contribution is -2.47. The van der Waals surface area contributed by atoms with Gasteiger partial charge < -0.3 is 14.8 Å². The molecule has 0 aliphatic rings. The number of aromatic nitrogens is 2. The lowest BCUT2D eigenvalue weighted by molar-refractivity contribution is -0.142. The van der Waals surface area contributed by atoms with Crippen LogP contribution < -0.4 is 5.32 Å². The molecule has 3 N–H and O–H groups in total. The van der Waals surface area contributed by atoms with Gasteiger partial charge in [0.15, 0.2) is 0 Å². The number of benzene rings is 1. The second-order valence-corrected chi connectivity index (χ2v) is 6.48. The maximum atomic E-state index is 11.4. The molecular weight excluding hydrogens is 369 g/mol. The summed E-state index contributed by atoms with van der Waals surface area (Å²) in [6.45, 7) is 1.81. The highest BCUT2D eigenvalue weighted by Crippen LogP contribution is 2.20. The van der Waals surface area contributed by atoms with Crippen LogP contribution in [0.1, 0.15) is 18.2 Å². The Bertz CT molecular complexity index is 758. The molecule has 2 aromatic rings. The molecule has 0 amide bonds. The minimum atomic E-state index is -1.13. The van der Waals surface area contributed by atoms with Crippen LogP contribution in [0.15, 0.2) is 30.7 Å². The number of imidazole rings is 1. The molecule has 0 fully saturated rings. The lowest BCUT2D eigenvalue weighted by atomic mass is 10.1. The fraction of sp³-hybridized carbons (Fsp3) is 0.312. The van der Waals surface area contributed by atoms with Gasteiger partial charge in [-0.25, -0.2) is 4.98 Å². The summed E-state index contributed by atoms with van der Waals surface area (Å²) in [6.07, 6.45) is 3.21. The van der Waals surface area contributed by atoms with Crippen molar-refractivity contribution >= 4 is 35.1 Å². The van der Waals surface area contributed by atoms with Crippen molar-refractivity contribution in [2.45, 2.75) is 32.0 Å². The number of nitrogens with one attached hydrogen (secondary N) is 1. The Morgan fingerprint density at radius 2 is 1.84 bits per heavy atom. The second-order valence-electron chi connectivity index (χ2n) is 5.61. The van der Waals surface area contributed by atoms with Crippen molar-refractivity contribution in [3.05, 3.63) is 52.0 Å². The van der Waals surface area contributed by atoms with Crippen molar-refractivity contribution in [2.75, 3.05) is 0 Å². The van der Waals surface area contributed by atoms with Gasteiger partial charge in [0.05, 0.1) is 6.33 Å². The van der Waals surface area contributed by atoms with E-state index in [0.29, 0.717) is 22.3 Å². The Balaban J connectivity index is 2.16. The second kappa shape index (κ2) is 8.33. The van der Waals surface area contributed by atoms with Crippen LogP contribution in [0, 0.1) is 0 Å². The molecule has 0 aliphatic carbocycles. The third-order valence-corrected chi connectivity index (χ3v) is 4.04. The summed E-state index contributed by atoms with van der Waals surface area (Å²) < 4.78 is 1.77. The van der Waals surface area contributed by atoms with Gasteiger partial charge in [0, 0.05) is 34.9 Å². The average molecular weight is 386 g/mol. The van der Waals surface area contributed by atoms with E-state index in [9.17, 15) is 14.7 Å². The Morgan fingerprint density at radius 1 is 1.20 bits per heavy atom. The van der Waals surface area contributed by atoms with Crippen molar-refractivity contribution < 1.29 is 19.8 Å². The Hall–Kier alpha value is -2.09. The fourth-order valence-electron chi connectivity index (χ4n) is 2.36. The molecule has 0 aliphatic heterocycles. The minimum absolute atomic E-state index is 0.0846. The van der Waals surface area contributed by atoms with E-state index >= 15 is 0 Å². The number of hydrogen-bond acceptors (Lipinski definition) is 4. The molecular formula is C16H17Cl2N3O4. The van der Waals surface area contributed by atoms with E-state index in [0.717, 1.165) is 5.56 Å². The van der Waals surface area contributed by atoms with Crippen LogP contribution in [-0.4, -0.2) is 43.8 Å². The zero-order valence-electron chi connectivity index (χ0n) is 13.3. The van der Waals surface area contributed by atoms with Crippen LogP contribution in [0.3, 0.4) is 0 Å². The molecule has 0 saturated carbocycles. The number of halogens is 2. The van der Waals surface area contributed by atoms with Crippen molar-refractivity contribution in [2.24, 2.45) is 0 Å². The van der Waals surface area contributed by atoms with E-state index in [2.05, 4.69) is 10.3 Å². The molecule has 0 bridgehead atoms. The molecule has 134 valence electrons. The summed E-state index contributed by atoms with van der Waals surface area (Å²) >= 11 is 12.0. The summed E-state index contributed by atoms with van der Waals surface area (Å²) in [6, 6.07) is 3.11. The standard InChI is InChI=1S/C16H17Cl2N3O4/c1-9(15(22)23)20-14(16(24)25)5-13-6-19-8-21(13)7-10-2-11(17)4-12(18)3-10/h2-4,6,8-9,14,20H,5,7H2,1H3,(H,22,23)(H,24,25)/t9-,14-/m0/s1. The molecule has 7 nitrogen and oxygen atoms in total. The Morgan fingerprint density at radius 3 is 2.40 bits per heavy atom. The molecule has 1 aromatic carbocycles. The molecule has 1 aromatic heterocycles. The van der Waals surface area contributed by atoms with Crippen molar-refractivity contribution in [1.82, 2.24) is 14.9 Å². The molecule has 0 spiro atoms. The fourth-order valence-corrected chi connectivity index (χ4v) is 2.93. The highest BCUT2D eigenvalue weighted by molar-refractivity contribution is 6.34. The van der Waals surface area contributed by atoms with Gasteiger partial charge in [-0.3, -0.25) is 14.9 Å². The van der Waals surface area contributed by atoms with Crippen LogP contribution in [-0.2, 0) is 22.6 Å². The van der Waals surface area contributed by atoms with E-state index in [1.54, 1.807) is 35.3 Å². The third kappa shape index (κ3) is 5.45. The number of carboxylic acid groups (broad SMARTS) is 2. The molecule has 2 rings (SSSR count). The van der Waals surface area contributed by atoms with Gasteiger partial charge in [0.2, 0.25) is 0 Å². The van der Waals surface area contributed by atoms with Crippen LogP contribution in [0.2, 0.25) is 10.0 Å². The number of carbonyl (C=O) groups is 2. The molecule has 9 heteroatoms. The molecule has 0 saturated heterocycles. The van der Waals surface area contributed by atoms with Crippen molar-refractivity contribution in [1.29, 1.82) is 0 Å². The topological polar surface area (TPSA) is 104 Å². The maximum absolute atomic E-state index is 11.4. The first-order valence-corrected chi connectivity index (χ1v) is 8.17. The van der Waals surface area contributed by atoms with E-state index in [1.165, 1.54) is 6.92 Å². The summed E-state index contributed by atoms with van der Waals surface area (Å²) in [5.41, 5.74) is 1.49. The van der Waals surface area contributed by atoms with Gasteiger partial charge in [0.1, 0.15) is 12.1 Å². The summed E-state index contributed by atoms with van der Waals surface area (Å²) in [5.74, 6) is -2.25. The number of nitrogens with zero attached hydrogens (tertiary/aromatic N) is 2. The highest BCUT2D eigenvalue weighted by atomic mass is 35.5. The maximum Gasteiger partial charge on any atom is 0.321 e. The predicted octanol–water partition coefficient (Wildman–Crippen LogP) is 2.30. The highest BCUT2D eigenvalue weighted by Gasteiger charge is 2.24. The third-order valence-electron chi connectivity index (χ3n) is 3.61. The molecule has 0 unspecified atom stereocenters. The van der Waals surface area contributed by atoms with Gasteiger partial charge in [-0.2, -0.15) is 0 Å². The first kappa shape index (κ1) is 19.2. The van der Waals surface area contributed by atoms with E-state index in [-0.39, 0.29) is 6.42 Å². The quantitative estimate of drug-likeness (QED) is 0.643. The molecule has 0 radical (unpaired) electrons. The number of hydrogen-bond donors (Lipinski definition) is 3. The number of rotatable bonds is 8. The van der Waals surface area contributed by atoms with Crippen LogP contribution in [0.25, 0.3) is 0 Å². The molecule has 25 heavy (non-hydrogen) atoms. The van der Waals surface area contributed by atoms with E-state index in [4.69, 9.17) is 28.3 Å². The summed E-state index contributed by atoms with van der Waals surface area (Å²) in [4.78, 5) is 26.4. The zero-order chi connectivity index (χ0) is 18.6.